The first-order valence-corrected chi connectivity index (χ1v) is 4.40. The second kappa shape index (κ2) is 5.68. The molecule has 0 fully saturated rings. The van der Waals surface area contributed by atoms with Crippen LogP contribution in [-0.4, -0.2) is 16.0 Å². The number of hydrogen-bond acceptors (Lipinski definition) is 3. The Kier molecular flexibility index (Phi) is 5.63. The Morgan fingerprint density at radius 2 is 2.50 bits per heavy atom. The van der Waals surface area contributed by atoms with Crippen molar-refractivity contribution in [1.82, 2.24) is 5.32 Å². The van der Waals surface area contributed by atoms with Gasteiger partial charge in [0.15, 0.2) is 0 Å². The van der Waals surface area contributed by atoms with Gasteiger partial charge in [0.05, 0.1) is 0 Å². The van der Waals surface area contributed by atoms with Gasteiger partial charge in [0.1, 0.15) is 4.32 Å². The predicted octanol–water partition coefficient (Wildman–Crippen LogP) is 1.55. The summed E-state index contributed by atoms with van der Waals surface area (Å²) in [5.41, 5.74) is 0. The van der Waals surface area contributed by atoms with Crippen molar-refractivity contribution in [1.29, 1.82) is 0 Å². The maximum absolute atomic E-state index is 9.87. The van der Waals surface area contributed by atoms with Crippen molar-refractivity contribution >= 4 is 34.7 Å². The Morgan fingerprint density at radius 3 is 2.90 bits per heavy atom. The van der Waals surface area contributed by atoms with Crippen LogP contribution in [0.1, 0.15) is 20.3 Å². The molecule has 2 nitrogen and oxygen atoms in total. The van der Waals surface area contributed by atoms with Gasteiger partial charge in [-0.3, -0.25) is 4.79 Å². The molecule has 0 radical (unpaired) electrons. The van der Waals surface area contributed by atoms with Gasteiger partial charge in [0.2, 0.25) is 6.41 Å². The molecule has 0 aliphatic rings. The lowest BCUT2D eigenvalue weighted by Crippen LogP contribution is -2.17. The lowest BCUT2D eigenvalue weighted by atomic mass is 10.4. The summed E-state index contributed by atoms with van der Waals surface area (Å²) in [6.07, 6.45) is 1.67. The molecule has 0 aliphatic heterocycles. The van der Waals surface area contributed by atoms with Gasteiger partial charge in [-0.25, -0.2) is 0 Å². The van der Waals surface area contributed by atoms with Crippen molar-refractivity contribution in [2.75, 3.05) is 0 Å². The molecule has 1 N–H and O–H groups in total. The standard InChI is InChI=1S/C6H11NOS2/c1-3-5(2)10-6(9)7-4-8/h4-5H,3H2,1-2H3,(H,7,8,9). The third kappa shape index (κ3) is 4.76. The molecule has 1 amide bonds. The van der Waals surface area contributed by atoms with Crippen LogP contribution in [0.25, 0.3) is 0 Å². The molecule has 0 aromatic rings. The van der Waals surface area contributed by atoms with Crippen LogP contribution in [0.4, 0.5) is 0 Å². The largest absolute Gasteiger partial charge is 0.314 e. The molecule has 0 saturated carbocycles. The van der Waals surface area contributed by atoms with Gasteiger partial charge in [-0.05, 0) is 6.42 Å². The van der Waals surface area contributed by atoms with E-state index in [-0.39, 0.29) is 0 Å². The van der Waals surface area contributed by atoms with Crippen molar-refractivity contribution < 1.29 is 4.79 Å². The number of amides is 1. The van der Waals surface area contributed by atoms with Gasteiger partial charge < -0.3 is 5.32 Å². The summed E-state index contributed by atoms with van der Waals surface area (Å²) in [4.78, 5) is 9.87. The van der Waals surface area contributed by atoms with Crippen LogP contribution in [-0.2, 0) is 4.79 Å². The zero-order valence-corrected chi connectivity index (χ0v) is 7.72. The minimum Gasteiger partial charge on any atom is -0.314 e. The average molecular weight is 177 g/mol. The lowest BCUT2D eigenvalue weighted by Gasteiger charge is -2.06. The maximum atomic E-state index is 9.87. The van der Waals surface area contributed by atoms with Crippen LogP contribution < -0.4 is 5.32 Å². The SMILES string of the molecule is CCC(C)SC(=S)NC=O. The number of rotatable bonds is 3. The molecule has 0 aliphatic carbocycles. The van der Waals surface area contributed by atoms with Crippen LogP contribution in [0.3, 0.4) is 0 Å². The molecule has 4 heteroatoms. The van der Waals surface area contributed by atoms with Crippen molar-refractivity contribution in [2.45, 2.75) is 25.5 Å². The summed E-state index contributed by atoms with van der Waals surface area (Å²) < 4.78 is 0.560. The van der Waals surface area contributed by atoms with E-state index in [1.54, 1.807) is 0 Å². The summed E-state index contributed by atoms with van der Waals surface area (Å²) in [5.74, 6) is 0. The number of carbonyl (C=O) groups excluding carboxylic acids is 1. The summed E-state index contributed by atoms with van der Waals surface area (Å²) in [6, 6.07) is 0. The maximum Gasteiger partial charge on any atom is 0.212 e. The molecule has 58 valence electrons. The minimum absolute atomic E-state index is 0.486. The first-order chi connectivity index (χ1) is 4.70. The fraction of sp³-hybridized carbons (Fsp3) is 0.667. The van der Waals surface area contributed by atoms with Crippen LogP contribution in [0.15, 0.2) is 0 Å². The van der Waals surface area contributed by atoms with Crippen molar-refractivity contribution in [2.24, 2.45) is 0 Å². The Labute approximate surface area is 70.8 Å². The van der Waals surface area contributed by atoms with E-state index in [2.05, 4.69) is 19.2 Å². The van der Waals surface area contributed by atoms with E-state index in [0.29, 0.717) is 16.0 Å². The van der Waals surface area contributed by atoms with E-state index in [0.717, 1.165) is 6.42 Å². The third-order valence-electron chi connectivity index (χ3n) is 1.06. The average Bonchev–Trinajstić information content (AvgIpc) is 1.88. The number of hydrogen-bond donors (Lipinski definition) is 1. The lowest BCUT2D eigenvalue weighted by molar-refractivity contribution is -0.108. The summed E-state index contributed by atoms with van der Waals surface area (Å²) in [6.45, 7) is 4.16. The van der Waals surface area contributed by atoms with E-state index in [4.69, 9.17) is 12.2 Å². The molecule has 0 saturated heterocycles. The van der Waals surface area contributed by atoms with E-state index in [9.17, 15) is 4.79 Å². The van der Waals surface area contributed by atoms with Gasteiger partial charge in [0, 0.05) is 5.25 Å². The summed E-state index contributed by atoms with van der Waals surface area (Å²) >= 11 is 6.33. The highest BCUT2D eigenvalue weighted by molar-refractivity contribution is 8.23. The van der Waals surface area contributed by atoms with Crippen LogP contribution >= 0.6 is 24.0 Å². The molecule has 0 aromatic heterocycles. The molecule has 1 unspecified atom stereocenters. The van der Waals surface area contributed by atoms with Crippen molar-refractivity contribution in [3.63, 3.8) is 0 Å². The van der Waals surface area contributed by atoms with E-state index < -0.39 is 0 Å². The zero-order valence-electron chi connectivity index (χ0n) is 6.09. The van der Waals surface area contributed by atoms with Crippen LogP contribution in [0, 0.1) is 0 Å². The Hall–Kier alpha value is -0.0900. The smallest absolute Gasteiger partial charge is 0.212 e. The molecular formula is C6H11NOS2. The monoisotopic (exact) mass is 177 g/mol. The van der Waals surface area contributed by atoms with Gasteiger partial charge >= 0.3 is 0 Å². The molecule has 0 spiro atoms. The van der Waals surface area contributed by atoms with Gasteiger partial charge in [0.25, 0.3) is 0 Å². The number of carbonyl (C=O) groups is 1. The minimum atomic E-state index is 0.486. The fourth-order valence-electron chi connectivity index (χ4n) is 0.348. The highest BCUT2D eigenvalue weighted by Crippen LogP contribution is 2.13. The van der Waals surface area contributed by atoms with Gasteiger partial charge in [-0.1, -0.05) is 37.8 Å². The highest BCUT2D eigenvalue weighted by atomic mass is 32.2. The third-order valence-corrected chi connectivity index (χ3v) is 2.53. The first kappa shape index (κ1) is 9.91. The molecule has 0 aromatic carbocycles. The summed E-state index contributed by atoms with van der Waals surface area (Å²) in [7, 11) is 0. The predicted molar refractivity (Wildman–Crippen MR) is 49.1 cm³/mol. The molecule has 0 heterocycles. The fourth-order valence-corrected chi connectivity index (χ4v) is 1.54. The van der Waals surface area contributed by atoms with E-state index in [1.165, 1.54) is 11.8 Å². The Balaban J connectivity index is 3.46. The number of thiocarbonyl (C=S) groups is 1. The molecule has 10 heavy (non-hydrogen) atoms. The molecule has 0 rings (SSSR count). The molecule has 0 bridgehead atoms. The number of nitrogens with one attached hydrogen (secondary N) is 1. The second-order valence-corrected chi connectivity index (χ2v) is 4.00. The molecular weight excluding hydrogens is 166 g/mol. The Bertz CT molecular complexity index is 127. The van der Waals surface area contributed by atoms with Gasteiger partial charge in [-0.15, -0.1) is 0 Å². The van der Waals surface area contributed by atoms with Crippen molar-refractivity contribution in [3.8, 4) is 0 Å². The zero-order chi connectivity index (χ0) is 7.98. The van der Waals surface area contributed by atoms with E-state index in [1.807, 2.05) is 0 Å². The van der Waals surface area contributed by atoms with Gasteiger partial charge in [-0.2, -0.15) is 0 Å². The topological polar surface area (TPSA) is 29.1 Å². The first-order valence-electron chi connectivity index (χ1n) is 3.11. The van der Waals surface area contributed by atoms with E-state index >= 15 is 0 Å². The Morgan fingerprint density at radius 1 is 1.90 bits per heavy atom. The van der Waals surface area contributed by atoms with Crippen molar-refractivity contribution in [3.05, 3.63) is 0 Å². The summed E-state index contributed by atoms with van der Waals surface area (Å²) in [5, 5.41) is 2.91. The van der Waals surface area contributed by atoms with Crippen LogP contribution in [0.5, 0.6) is 0 Å². The highest BCUT2D eigenvalue weighted by Gasteiger charge is 2.01. The molecule has 1 atom stereocenters. The number of thioether (sulfide) groups is 1. The normalized spacial score (nSPS) is 12.2. The second-order valence-electron chi connectivity index (χ2n) is 1.89. The van der Waals surface area contributed by atoms with Crippen LogP contribution in [0.2, 0.25) is 0 Å². The quantitative estimate of drug-likeness (QED) is 0.524.